The van der Waals surface area contributed by atoms with E-state index in [1.807, 2.05) is 0 Å². The predicted molar refractivity (Wildman–Crippen MR) is 66.9 cm³/mol. The van der Waals surface area contributed by atoms with Crippen LogP contribution >= 0.6 is 0 Å². The summed E-state index contributed by atoms with van der Waals surface area (Å²) >= 11 is 0. The third-order valence-electron chi connectivity index (χ3n) is 3.80. The van der Waals surface area contributed by atoms with Crippen molar-refractivity contribution in [1.82, 2.24) is 0 Å². The van der Waals surface area contributed by atoms with Gasteiger partial charge in [-0.15, -0.1) is 0 Å². The number of benzene rings is 1. The third kappa shape index (κ3) is 2.09. The molecule has 1 aliphatic carbocycles. The van der Waals surface area contributed by atoms with Gasteiger partial charge in [-0.25, -0.2) is 0 Å². The summed E-state index contributed by atoms with van der Waals surface area (Å²) in [6.07, 6.45) is 2.38. The number of carboxylic acid groups (broad SMARTS) is 1. The van der Waals surface area contributed by atoms with Crippen LogP contribution in [0.4, 0.5) is 0 Å². The molecule has 19 heavy (non-hydrogen) atoms. The van der Waals surface area contributed by atoms with Crippen molar-refractivity contribution in [3.05, 3.63) is 17.7 Å². The van der Waals surface area contributed by atoms with E-state index in [1.165, 1.54) is 0 Å². The van der Waals surface area contributed by atoms with E-state index in [2.05, 4.69) is 0 Å². The Morgan fingerprint density at radius 3 is 2.68 bits per heavy atom. The van der Waals surface area contributed by atoms with Crippen molar-refractivity contribution in [3.8, 4) is 17.2 Å². The standard InChI is InChI=1S/C14H16O5/c15-11(16)8-14(4-5-14)9-2-3-10-13(12(9)17)19-7-1-6-18-10/h2-3,17H,1,4-8H2,(H,15,16). The Balaban J connectivity index is 2.00. The number of phenolic OH excluding ortho intramolecular Hbond substituents is 1. The average Bonchev–Trinajstić information content (AvgIpc) is 3.13. The fourth-order valence-corrected chi connectivity index (χ4v) is 2.63. The minimum absolute atomic E-state index is 0.0400. The van der Waals surface area contributed by atoms with Crippen molar-refractivity contribution in [2.45, 2.75) is 31.1 Å². The summed E-state index contributed by atoms with van der Waals surface area (Å²) in [6.45, 7) is 1.06. The highest BCUT2D eigenvalue weighted by Crippen LogP contribution is 2.56. The number of hydrogen-bond donors (Lipinski definition) is 2. The molecule has 0 radical (unpaired) electrons. The number of phenols is 1. The van der Waals surface area contributed by atoms with Gasteiger partial charge in [0, 0.05) is 17.4 Å². The molecule has 102 valence electrons. The number of rotatable bonds is 3. The molecule has 0 bridgehead atoms. The van der Waals surface area contributed by atoms with Gasteiger partial charge in [0.25, 0.3) is 0 Å². The zero-order valence-electron chi connectivity index (χ0n) is 10.5. The SMILES string of the molecule is O=C(O)CC1(c2ccc3c(c2O)OCCCO3)CC1. The number of ether oxygens (including phenoxy) is 2. The zero-order valence-corrected chi connectivity index (χ0v) is 10.5. The van der Waals surface area contributed by atoms with E-state index < -0.39 is 11.4 Å². The molecule has 2 N–H and O–H groups in total. The Morgan fingerprint density at radius 2 is 2.00 bits per heavy atom. The van der Waals surface area contributed by atoms with E-state index in [4.69, 9.17) is 14.6 Å². The maximum absolute atomic E-state index is 10.9. The Morgan fingerprint density at radius 1 is 1.26 bits per heavy atom. The van der Waals surface area contributed by atoms with Gasteiger partial charge in [0.1, 0.15) is 0 Å². The number of aliphatic carboxylic acids is 1. The quantitative estimate of drug-likeness (QED) is 0.874. The summed E-state index contributed by atoms with van der Waals surface area (Å²) in [5, 5.41) is 19.3. The van der Waals surface area contributed by atoms with Crippen LogP contribution in [-0.4, -0.2) is 29.4 Å². The molecule has 1 heterocycles. The number of hydrogen-bond acceptors (Lipinski definition) is 4. The van der Waals surface area contributed by atoms with E-state index in [-0.39, 0.29) is 12.2 Å². The smallest absolute Gasteiger partial charge is 0.304 e. The number of carbonyl (C=O) groups is 1. The van der Waals surface area contributed by atoms with Crippen LogP contribution in [0.3, 0.4) is 0 Å². The summed E-state index contributed by atoms with van der Waals surface area (Å²) in [6, 6.07) is 3.52. The van der Waals surface area contributed by atoms with Gasteiger partial charge in [-0.3, -0.25) is 4.79 Å². The molecule has 2 aliphatic rings. The van der Waals surface area contributed by atoms with Crippen LogP contribution in [0.2, 0.25) is 0 Å². The van der Waals surface area contributed by atoms with Crippen LogP contribution in [0.5, 0.6) is 17.2 Å². The van der Waals surface area contributed by atoms with E-state index in [1.54, 1.807) is 12.1 Å². The van der Waals surface area contributed by atoms with E-state index in [0.29, 0.717) is 30.3 Å². The van der Waals surface area contributed by atoms with Gasteiger partial charge in [0.15, 0.2) is 11.5 Å². The lowest BCUT2D eigenvalue weighted by Gasteiger charge is -2.18. The fourth-order valence-electron chi connectivity index (χ4n) is 2.63. The highest BCUT2D eigenvalue weighted by atomic mass is 16.5. The van der Waals surface area contributed by atoms with Gasteiger partial charge < -0.3 is 19.7 Å². The van der Waals surface area contributed by atoms with Gasteiger partial charge in [-0.2, -0.15) is 0 Å². The second kappa shape index (κ2) is 4.33. The lowest BCUT2D eigenvalue weighted by atomic mass is 9.91. The molecule has 0 spiro atoms. The Hall–Kier alpha value is -1.91. The largest absolute Gasteiger partial charge is 0.504 e. The first-order chi connectivity index (χ1) is 9.12. The Kier molecular flexibility index (Phi) is 2.77. The highest BCUT2D eigenvalue weighted by molar-refractivity contribution is 5.71. The first-order valence-electron chi connectivity index (χ1n) is 6.46. The molecule has 0 amide bonds. The van der Waals surface area contributed by atoms with E-state index >= 15 is 0 Å². The fraction of sp³-hybridized carbons (Fsp3) is 0.500. The molecule has 0 saturated heterocycles. The molecule has 1 saturated carbocycles. The first-order valence-corrected chi connectivity index (χ1v) is 6.46. The minimum Gasteiger partial charge on any atom is -0.504 e. The number of carboxylic acids is 1. The minimum atomic E-state index is -0.844. The summed E-state index contributed by atoms with van der Waals surface area (Å²) in [7, 11) is 0. The molecule has 1 aromatic rings. The van der Waals surface area contributed by atoms with Gasteiger partial charge in [-0.1, -0.05) is 6.07 Å². The highest BCUT2D eigenvalue weighted by Gasteiger charge is 2.48. The topological polar surface area (TPSA) is 76.0 Å². The second-order valence-electron chi connectivity index (χ2n) is 5.19. The van der Waals surface area contributed by atoms with Crippen LogP contribution in [0.1, 0.15) is 31.2 Å². The van der Waals surface area contributed by atoms with Crippen molar-refractivity contribution in [1.29, 1.82) is 0 Å². The van der Waals surface area contributed by atoms with Gasteiger partial charge in [-0.05, 0) is 18.9 Å². The summed E-state index contributed by atoms with van der Waals surface area (Å²) in [4.78, 5) is 10.9. The second-order valence-corrected chi connectivity index (χ2v) is 5.19. The van der Waals surface area contributed by atoms with Gasteiger partial charge >= 0.3 is 5.97 Å². The average molecular weight is 264 g/mol. The molecular formula is C14H16O5. The lowest BCUT2D eigenvalue weighted by Crippen LogP contribution is -2.13. The Labute approximate surface area is 110 Å². The maximum atomic E-state index is 10.9. The molecule has 1 aromatic carbocycles. The monoisotopic (exact) mass is 264 g/mol. The van der Waals surface area contributed by atoms with Crippen molar-refractivity contribution < 1.29 is 24.5 Å². The number of fused-ring (bicyclic) bond motifs is 1. The molecule has 1 aliphatic heterocycles. The zero-order chi connectivity index (χ0) is 13.5. The third-order valence-corrected chi connectivity index (χ3v) is 3.80. The normalized spacial score (nSPS) is 19.6. The van der Waals surface area contributed by atoms with Crippen molar-refractivity contribution in [2.75, 3.05) is 13.2 Å². The molecule has 0 atom stereocenters. The molecular weight excluding hydrogens is 248 g/mol. The van der Waals surface area contributed by atoms with Gasteiger partial charge in [0.05, 0.1) is 19.6 Å². The lowest BCUT2D eigenvalue weighted by molar-refractivity contribution is -0.137. The molecule has 5 nitrogen and oxygen atoms in total. The summed E-state index contributed by atoms with van der Waals surface area (Å²) in [5.74, 6) is 0.0821. The van der Waals surface area contributed by atoms with Crippen molar-refractivity contribution in [3.63, 3.8) is 0 Å². The van der Waals surface area contributed by atoms with E-state index in [9.17, 15) is 9.90 Å². The van der Waals surface area contributed by atoms with Crippen LogP contribution in [0.25, 0.3) is 0 Å². The maximum Gasteiger partial charge on any atom is 0.304 e. The molecule has 3 rings (SSSR count). The first kappa shape index (κ1) is 12.1. The van der Waals surface area contributed by atoms with Crippen LogP contribution in [0, 0.1) is 0 Å². The molecule has 1 fully saturated rings. The van der Waals surface area contributed by atoms with Crippen LogP contribution in [0.15, 0.2) is 12.1 Å². The predicted octanol–water partition coefficient (Wildman–Crippen LogP) is 2.06. The summed E-state index contributed by atoms with van der Waals surface area (Å²) < 4.78 is 11.0. The molecule has 0 aromatic heterocycles. The van der Waals surface area contributed by atoms with E-state index in [0.717, 1.165) is 19.3 Å². The van der Waals surface area contributed by atoms with Crippen LogP contribution < -0.4 is 9.47 Å². The van der Waals surface area contributed by atoms with Crippen molar-refractivity contribution >= 4 is 5.97 Å². The summed E-state index contributed by atoms with van der Waals surface area (Å²) in [5.41, 5.74) is 0.236. The van der Waals surface area contributed by atoms with Crippen LogP contribution in [-0.2, 0) is 10.2 Å². The Bertz CT molecular complexity index is 519. The van der Waals surface area contributed by atoms with Gasteiger partial charge in [0.2, 0.25) is 5.75 Å². The molecule has 0 unspecified atom stereocenters. The van der Waals surface area contributed by atoms with Crippen molar-refractivity contribution in [2.24, 2.45) is 0 Å². The number of aromatic hydroxyl groups is 1. The molecule has 5 heteroatoms.